The highest BCUT2D eigenvalue weighted by Crippen LogP contribution is 2.30. The van der Waals surface area contributed by atoms with Crippen LogP contribution in [-0.2, 0) is 11.2 Å². The molecule has 0 aromatic carbocycles. The molecule has 0 amide bonds. The predicted molar refractivity (Wildman–Crippen MR) is 62.6 cm³/mol. The van der Waals surface area contributed by atoms with Crippen molar-refractivity contribution in [3.63, 3.8) is 0 Å². The number of aryl methyl sites for hydroxylation is 1. The standard InChI is InChI=1S/C11H15FN2O5/c1-2-5-3-14(11(18)13-9(5)17)10-7(12)8(16)6(4-15)19-10/h3,6-8,10,15-16H,2,4H2,1H3,(H,13,17,18)/t6-,7-,8?,10-/m1/s1. The van der Waals surface area contributed by atoms with Gasteiger partial charge in [-0.1, -0.05) is 6.92 Å². The third kappa shape index (κ3) is 2.34. The van der Waals surface area contributed by atoms with Crippen LogP contribution in [0.25, 0.3) is 0 Å². The number of halogens is 1. The Labute approximate surface area is 107 Å². The lowest BCUT2D eigenvalue weighted by molar-refractivity contribution is -0.0492. The molecule has 3 N–H and O–H groups in total. The van der Waals surface area contributed by atoms with E-state index in [-0.39, 0.29) is 0 Å². The van der Waals surface area contributed by atoms with Crippen LogP contribution in [0.5, 0.6) is 0 Å². The number of nitrogens with one attached hydrogen (secondary N) is 1. The van der Waals surface area contributed by atoms with Crippen molar-refractivity contribution in [3.05, 3.63) is 32.6 Å². The van der Waals surface area contributed by atoms with Crippen molar-refractivity contribution in [2.45, 2.75) is 38.0 Å². The number of nitrogens with zero attached hydrogens (tertiary/aromatic N) is 1. The number of rotatable bonds is 3. The highest BCUT2D eigenvalue weighted by molar-refractivity contribution is 5.05. The topological polar surface area (TPSA) is 105 Å². The first kappa shape index (κ1) is 13.9. The molecule has 8 heteroatoms. The van der Waals surface area contributed by atoms with E-state index in [0.29, 0.717) is 12.0 Å². The number of aromatic nitrogens is 2. The maximum Gasteiger partial charge on any atom is 0.330 e. The number of ether oxygens (including phenoxy) is 1. The van der Waals surface area contributed by atoms with Crippen molar-refractivity contribution in [3.8, 4) is 0 Å². The fourth-order valence-electron chi connectivity index (χ4n) is 2.05. The molecule has 1 aromatic heterocycles. The molecule has 1 aliphatic heterocycles. The Bertz CT molecular complexity index is 569. The van der Waals surface area contributed by atoms with Crippen LogP contribution < -0.4 is 11.2 Å². The minimum atomic E-state index is -1.86. The minimum absolute atomic E-state index is 0.303. The van der Waals surface area contributed by atoms with Gasteiger partial charge in [0.2, 0.25) is 0 Å². The molecule has 4 atom stereocenters. The number of H-pyrrole nitrogens is 1. The molecule has 0 spiro atoms. The van der Waals surface area contributed by atoms with E-state index in [0.717, 1.165) is 4.57 Å². The first-order valence-electron chi connectivity index (χ1n) is 5.92. The minimum Gasteiger partial charge on any atom is -0.394 e. The fraction of sp³-hybridized carbons (Fsp3) is 0.636. The van der Waals surface area contributed by atoms with Gasteiger partial charge >= 0.3 is 5.69 Å². The smallest absolute Gasteiger partial charge is 0.330 e. The molecule has 1 aliphatic rings. The summed E-state index contributed by atoms with van der Waals surface area (Å²) in [6.07, 6.45) is -4.24. The van der Waals surface area contributed by atoms with Crippen LogP contribution in [0.3, 0.4) is 0 Å². The Hall–Kier alpha value is -1.51. The number of hydrogen-bond acceptors (Lipinski definition) is 5. The van der Waals surface area contributed by atoms with Crippen molar-refractivity contribution < 1.29 is 19.3 Å². The van der Waals surface area contributed by atoms with Gasteiger partial charge in [0, 0.05) is 11.8 Å². The Balaban J connectivity index is 2.43. The summed E-state index contributed by atoms with van der Waals surface area (Å²) in [5, 5.41) is 18.5. The molecule has 106 valence electrons. The molecule has 2 rings (SSSR count). The van der Waals surface area contributed by atoms with Gasteiger partial charge < -0.3 is 14.9 Å². The number of alkyl halides is 1. The number of hydrogen-bond donors (Lipinski definition) is 3. The van der Waals surface area contributed by atoms with Gasteiger partial charge in [0.15, 0.2) is 12.4 Å². The van der Waals surface area contributed by atoms with Gasteiger partial charge in [-0.15, -0.1) is 0 Å². The van der Waals surface area contributed by atoms with E-state index in [4.69, 9.17) is 9.84 Å². The van der Waals surface area contributed by atoms with Crippen molar-refractivity contribution in [2.75, 3.05) is 6.61 Å². The Morgan fingerprint density at radius 3 is 2.74 bits per heavy atom. The van der Waals surface area contributed by atoms with E-state index in [1.54, 1.807) is 6.92 Å². The van der Waals surface area contributed by atoms with E-state index in [1.165, 1.54) is 6.20 Å². The Morgan fingerprint density at radius 2 is 2.21 bits per heavy atom. The number of aliphatic hydroxyl groups excluding tert-OH is 2. The van der Waals surface area contributed by atoms with Gasteiger partial charge in [0.25, 0.3) is 5.56 Å². The number of aliphatic hydroxyl groups is 2. The van der Waals surface area contributed by atoms with E-state index in [2.05, 4.69) is 4.98 Å². The molecule has 19 heavy (non-hydrogen) atoms. The zero-order valence-corrected chi connectivity index (χ0v) is 10.2. The lowest BCUT2D eigenvalue weighted by Crippen LogP contribution is -2.37. The normalized spacial score (nSPS) is 30.7. The van der Waals surface area contributed by atoms with Crippen molar-refractivity contribution in [2.24, 2.45) is 0 Å². The summed E-state index contributed by atoms with van der Waals surface area (Å²) in [5.41, 5.74) is -1.05. The summed E-state index contributed by atoms with van der Waals surface area (Å²) in [5.74, 6) is 0. The van der Waals surface area contributed by atoms with Gasteiger partial charge in [-0.3, -0.25) is 14.3 Å². The van der Waals surface area contributed by atoms with Gasteiger partial charge in [-0.2, -0.15) is 0 Å². The van der Waals surface area contributed by atoms with Gasteiger partial charge in [-0.25, -0.2) is 9.18 Å². The van der Waals surface area contributed by atoms with Crippen molar-refractivity contribution >= 4 is 0 Å². The van der Waals surface area contributed by atoms with Gasteiger partial charge in [0.1, 0.15) is 12.2 Å². The first-order valence-corrected chi connectivity index (χ1v) is 5.92. The maximum absolute atomic E-state index is 13.9. The average Bonchev–Trinajstić information content (AvgIpc) is 2.67. The van der Waals surface area contributed by atoms with Crippen LogP contribution in [0.4, 0.5) is 4.39 Å². The summed E-state index contributed by atoms with van der Waals surface area (Å²) in [4.78, 5) is 25.1. The zero-order valence-electron chi connectivity index (χ0n) is 10.2. The molecule has 0 radical (unpaired) electrons. The van der Waals surface area contributed by atoms with Gasteiger partial charge in [0.05, 0.1) is 6.61 Å². The molecular weight excluding hydrogens is 259 g/mol. The molecule has 1 unspecified atom stereocenters. The summed E-state index contributed by atoms with van der Waals surface area (Å²) in [6, 6.07) is 0. The van der Waals surface area contributed by atoms with E-state index >= 15 is 0 Å². The molecule has 0 bridgehead atoms. The number of aromatic amines is 1. The summed E-state index contributed by atoms with van der Waals surface area (Å²) in [6.45, 7) is 1.16. The van der Waals surface area contributed by atoms with E-state index in [9.17, 15) is 19.1 Å². The zero-order chi connectivity index (χ0) is 14.2. The van der Waals surface area contributed by atoms with Crippen LogP contribution in [0, 0.1) is 0 Å². The predicted octanol–water partition coefficient (Wildman–Crippen LogP) is -1.31. The van der Waals surface area contributed by atoms with Crippen LogP contribution in [0.1, 0.15) is 18.7 Å². The average molecular weight is 274 g/mol. The van der Waals surface area contributed by atoms with E-state index < -0.39 is 42.5 Å². The molecular formula is C11H15FN2O5. The van der Waals surface area contributed by atoms with Crippen LogP contribution in [-0.4, -0.2) is 44.8 Å². The van der Waals surface area contributed by atoms with Crippen molar-refractivity contribution in [1.29, 1.82) is 0 Å². The maximum atomic E-state index is 13.9. The van der Waals surface area contributed by atoms with Gasteiger partial charge in [-0.05, 0) is 6.42 Å². The third-order valence-corrected chi connectivity index (χ3v) is 3.17. The Kier molecular flexibility index (Phi) is 3.83. The summed E-state index contributed by atoms with van der Waals surface area (Å²) >= 11 is 0. The molecule has 0 saturated carbocycles. The quantitative estimate of drug-likeness (QED) is 0.634. The first-order chi connectivity index (χ1) is 8.99. The largest absolute Gasteiger partial charge is 0.394 e. The molecule has 1 fully saturated rings. The molecule has 0 aliphatic carbocycles. The SMILES string of the molecule is CCc1cn([C@@H]2O[C@H](CO)C(O)[C@H]2F)c(=O)[nH]c1=O. The molecule has 1 saturated heterocycles. The molecule has 2 heterocycles. The Morgan fingerprint density at radius 1 is 1.53 bits per heavy atom. The molecule has 1 aromatic rings. The summed E-state index contributed by atoms with van der Waals surface area (Å²) < 4.78 is 19.9. The van der Waals surface area contributed by atoms with Crippen molar-refractivity contribution in [1.82, 2.24) is 9.55 Å². The second-order valence-electron chi connectivity index (χ2n) is 4.36. The van der Waals surface area contributed by atoms with Crippen LogP contribution in [0.2, 0.25) is 0 Å². The highest BCUT2D eigenvalue weighted by atomic mass is 19.1. The lowest BCUT2D eigenvalue weighted by atomic mass is 10.1. The third-order valence-electron chi connectivity index (χ3n) is 3.17. The molecule has 7 nitrogen and oxygen atoms in total. The lowest BCUT2D eigenvalue weighted by Gasteiger charge is -2.16. The fourth-order valence-corrected chi connectivity index (χ4v) is 2.05. The highest BCUT2D eigenvalue weighted by Gasteiger charge is 2.45. The van der Waals surface area contributed by atoms with Crippen LogP contribution in [0.15, 0.2) is 15.8 Å². The summed E-state index contributed by atoms with van der Waals surface area (Å²) in [7, 11) is 0. The van der Waals surface area contributed by atoms with E-state index in [1.807, 2.05) is 0 Å². The van der Waals surface area contributed by atoms with Crippen LogP contribution >= 0.6 is 0 Å². The second kappa shape index (κ2) is 5.24. The monoisotopic (exact) mass is 274 g/mol. The second-order valence-corrected chi connectivity index (χ2v) is 4.36.